The van der Waals surface area contributed by atoms with Gasteiger partial charge in [0, 0.05) is 0 Å². The van der Waals surface area contributed by atoms with Gasteiger partial charge in [0.05, 0.1) is 6.10 Å². The van der Waals surface area contributed by atoms with Crippen LogP contribution in [0.15, 0.2) is 24.3 Å². The Morgan fingerprint density at radius 1 is 1.41 bits per heavy atom. The summed E-state index contributed by atoms with van der Waals surface area (Å²) in [6.07, 6.45) is -0.235. The van der Waals surface area contributed by atoms with Crippen LogP contribution in [0.2, 0.25) is 0 Å². The summed E-state index contributed by atoms with van der Waals surface area (Å²) in [5.74, 6) is -0.377. The summed E-state index contributed by atoms with van der Waals surface area (Å²) < 4.78 is 5.28. The summed E-state index contributed by atoms with van der Waals surface area (Å²) in [5, 5.41) is 17.7. The fourth-order valence-corrected chi connectivity index (χ4v) is 1.28. The van der Waals surface area contributed by atoms with Crippen LogP contribution < -0.4 is 10.5 Å². The van der Waals surface area contributed by atoms with Gasteiger partial charge in [0.25, 0.3) is 0 Å². The van der Waals surface area contributed by atoms with Crippen LogP contribution in [0, 0.1) is 0 Å². The van der Waals surface area contributed by atoms with Crippen LogP contribution in [-0.2, 0) is 11.2 Å². The summed E-state index contributed by atoms with van der Waals surface area (Å²) in [6, 6.07) is 6.10. The van der Waals surface area contributed by atoms with E-state index in [1.807, 2.05) is 0 Å². The van der Waals surface area contributed by atoms with Crippen molar-refractivity contribution in [3.8, 4) is 5.75 Å². The minimum Gasteiger partial charge on any atom is -0.491 e. The molecule has 2 atom stereocenters. The number of aliphatic hydroxyl groups excluding tert-OH is 1. The molecule has 0 spiro atoms. The van der Waals surface area contributed by atoms with E-state index in [0.29, 0.717) is 5.75 Å². The first-order valence-corrected chi connectivity index (χ1v) is 5.37. The molecule has 94 valence electrons. The molecule has 0 saturated carbocycles. The minimum atomic E-state index is -1.01. The highest BCUT2D eigenvalue weighted by Gasteiger charge is 2.11. The van der Waals surface area contributed by atoms with Gasteiger partial charge in [0.1, 0.15) is 18.4 Å². The standard InChI is InChI=1S/C12H17NO4/c1-8(14)7-17-10-4-2-9(3-5-10)6-11(13)12(15)16/h2-5,8,11,14H,6-7,13H2,1H3,(H,15,16). The van der Waals surface area contributed by atoms with Gasteiger partial charge in [0.2, 0.25) is 0 Å². The molecular weight excluding hydrogens is 222 g/mol. The Morgan fingerprint density at radius 3 is 2.47 bits per heavy atom. The summed E-state index contributed by atoms with van der Waals surface area (Å²) in [6.45, 7) is 1.87. The Kier molecular flexibility index (Phi) is 4.93. The number of carbonyl (C=O) groups is 1. The zero-order valence-corrected chi connectivity index (χ0v) is 9.67. The Balaban J connectivity index is 2.53. The van der Waals surface area contributed by atoms with E-state index in [2.05, 4.69) is 0 Å². The number of hydrogen-bond donors (Lipinski definition) is 3. The largest absolute Gasteiger partial charge is 0.491 e. The lowest BCUT2D eigenvalue weighted by atomic mass is 10.1. The van der Waals surface area contributed by atoms with Gasteiger partial charge in [-0.15, -0.1) is 0 Å². The number of aliphatic hydroxyl groups is 1. The molecule has 4 N–H and O–H groups in total. The van der Waals surface area contributed by atoms with E-state index in [1.54, 1.807) is 31.2 Å². The van der Waals surface area contributed by atoms with E-state index in [-0.39, 0.29) is 13.0 Å². The second kappa shape index (κ2) is 6.22. The molecule has 0 amide bonds. The summed E-state index contributed by atoms with van der Waals surface area (Å²) in [4.78, 5) is 10.6. The molecule has 0 fully saturated rings. The fourth-order valence-electron chi connectivity index (χ4n) is 1.28. The van der Waals surface area contributed by atoms with Crippen molar-refractivity contribution in [3.63, 3.8) is 0 Å². The third-order valence-electron chi connectivity index (χ3n) is 2.19. The molecule has 1 rings (SSSR count). The Bertz CT molecular complexity index is 361. The Hall–Kier alpha value is -1.59. The average molecular weight is 239 g/mol. The van der Waals surface area contributed by atoms with Gasteiger partial charge < -0.3 is 20.7 Å². The minimum absolute atomic E-state index is 0.230. The van der Waals surface area contributed by atoms with Crippen molar-refractivity contribution in [2.75, 3.05) is 6.61 Å². The van der Waals surface area contributed by atoms with Crippen LogP contribution in [0.5, 0.6) is 5.75 Å². The second-order valence-corrected chi connectivity index (χ2v) is 3.95. The second-order valence-electron chi connectivity index (χ2n) is 3.95. The zero-order valence-electron chi connectivity index (χ0n) is 9.67. The van der Waals surface area contributed by atoms with Crippen molar-refractivity contribution in [1.82, 2.24) is 0 Å². The molecule has 0 radical (unpaired) electrons. The van der Waals surface area contributed by atoms with Gasteiger partial charge in [-0.1, -0.05) is 12.1 Å². The molecule has 0 heterocycles. The predicted molar refractivity (Wildman–Crippen MR) is 62.9 cm³/mol. The van der Waals surface area contributed by atoms with Crippen LogP contribution in [0.25, 0.3) is 0 Å². The summed E-state index contributed by atoms with van der Waals surface area (Å²) in [5.41, 5.74) is 6.26. The molecule has 17 heavy (non-hydrogen) atoms. The molecule has 0 bridgehead atoms. The SMILES string of the molecule is CC(O)COc1ccc(CC(N)C(=O)O)cc1. The molecule has 1 aromatic carbocycles. The maximum atomic E-state index is 10.6. The topological polar surface area (TPSA) is 92.8 Å². The van der Waals surface area contributed by atoms with Crippen LogP contribution in [0.3, 0.4) is 0 Å². The molecule has 2 unspecified atom stereocenters. The van der Waals surface area contributed by atoms with Gasteiger partial charge in [-0.3, -0.25) is 4.79 Å². The van der Waals surface area contributed by atoms with E-state index in [0.717, 1.165) is 5.56 Å². The maximum Gasteiger partial charge on any atom is 0.320 e. The van der Waals surface area contributed by atoms with E-state index >= 15 is 0 Å². The van der Waals surface area contributed by atoms with Gasteiger partial charge in [-0.05, 0) is 31.0 Å². The average Bonchev–Trinajstić information content (AvgIpc) is 2.28. The monoisotopic (exact) mass is 239 g/mol. The highest BCUT2D eigenvalue weighted by atomic mass is 16.5. The molecule has 0 aliphatic rings. The predicted octanol–water partition coefficient (Wildman–Crippen LogP) is 0.401. The molecule has 5 heteroatoms. The normalized spacial score (nSPS) is 14.1. The third kappa shape index (κ3) is 4.84. The lowest BCUT2D eigenvalue weighted by Gasteiger charge is -2.10. The molecule has 1 aromatic rings. The van der Waals surface area contributed by atoms with Crippen molar-refractivity contribution in [2.24, 2.45) is 5.73 Å². The van der Waals surface area contributed by atoms with Crippen molar-refractivity contribution in [3.05, 3.63) is 29.8 Å². The summed E-state index contributed by atoms with van der Waals surface area (Å²) in [7, 11) is 0. The first-order valence-electron chi connectivity index (χ1n) is 5.37. The molecular formula is C12H17NO4. The maximum absolute atomic E-state index is 10.6. The van der Waals surface area contributed by atoms with Crippen LogP contribution in [0.4, 0.5) is 0 Å². The number of hydrogen-bond acceptors (Lipinski definition) is 4. The van der Waals surface area contributed by atoms with E-state index in [1.165, 1.54) is 0 Å². The number of aliphatic carboxylic acids is 1. The molecule has 0 aromatic heterocycles. The number of ether oxygens (including phenoxy) is 1. The zero-order chi connectivity index (χ0) is 12.8. The highest BCUT2D eigenvalue weighted by molar-refractivity contribution is 5.73. The molecule has 0 saturated heterocycles. The number of benzene rings is 1. The quantitative estimate of drug-likeness (QED) is 0.668. The van der Waals surface area contributed by atoms with Crippen molar-refractivity contribution in [1.29, 1.82) is 0 Å². The van der Waals surface area contributed by atoms with Gasteiger partial charge in [0.15, 0.2) is 0 Å². The number of rotatable bonds is 6. The number of nitrogens with two attached hydrogens (primary N) is 1. The molecule has 0 aliphatic carbocycles. The first kappa shape index (κ1) is 13.5. The molecule has 0 aliphatic heterocycles. The van der Waals surface area contributed by atoms with Crippen LogP contribution in [0.1, 0.15) is 12.5 Å². The lowest BCUT2D eigenvalue weighted by molar-refractivity contribution is -0.138. The Labute approximate surface area is 99.8 Å². The van der Waals surface area contributed by atoms with Crippen molar-refractivity contribution in [2.45, 2.75) is 25.5 Å². The van der Waals surface area contributed by atoms with Gasteiger partial charge >= 0.3 is 5.97 Å². The molecule has 5 nitrogen and oxygen atoms in total. The third-order valence-corrected chi connectivity index (χ3v) is 2.19. The first-order chi connectivity index (χ1) is 7.99. The van der Waals surface area contributed by atoms with Gasteiger partial charge in [-0.25, -0.2) is 0 Å². The van der Waals surface area contributed by atoms with Crippen molar-refractivity contribution < 1.29 is 19.7 Å². The lowest BCUT2D eigenvalue weighted by Crippen LogP contribution is -2.32. The summed E-state index contributed by atoms with van der Waals surface area (Å²) >= 11 is 0. The number of carboxylic acids is 1. The van der Waals surface area contributed by atoms with E-state index in [9.17, 15) is 4.79 Å². The van der Waals surface area contributed by atoms with Crippen LogP contribution in [-0.4, -0.2) is 34.9 Å². The Morgan fingerprint density at radius 2 is 2.00 bits per heavy atom. The van der Waals surface area contributed by atoms with E-state index in [4.69, 9.17) is 20.7 Å². The van der Waals surface area contributed by atoms with Crippen LogP contribution >= 0.6 is 0 Å². The van der Waals surface area contributed by atoms with Gasteiger partial charge in [-0.2, -0.15) is 0 Å². The fraction of sp³-hybridized carbons (Fsp3) is 0.417. The smallest absolute Gasteiger partial charge is 0.320 e. The number of carboxylic acid groups (broad SMARTS) is 1. The van der Waals surface area contributed by atoms with E-state index < -0.39 is 18.1 Å². The highest BCUT2D eigenvalue weighted by Crippen LogP contribution is 2.13. The van der Waals surface area contributed by atoms with Crippen molar-refractivity contribution >= 4 is 5.97 Å².